The smallest absolute Gasteiger partial charge is 0.261 e. The molecule has 5 heteroatoms. The highest BCUT2D eigenvalue weighted by atomic mass is 16.5. The first-order chi connectivity index (χ1) is 11.2. The first-order valence-electron chi connectivity index (χ1n) is 7.40. The molecule has 2 N–H and O–H groups in total. The molecule has 5 nitrogen and oxygen atoms in total. The molecule has 0 spiro atoms. The molecule has 0 atom stereocenters. The van der Waals surface area contributed by atoms with Crippen LogP contribution in [0.2, 0.25) is 0 Å². The second-order valence-electron chi connectivity index (χ2n) is 5.48. The normalized spacial score (nSPS) is 11.2. The molecule has 2 aromatic carbocycles. The number of benzene rings is 2. The van der Waals surface area contributed by atoms with E-state index in [9.17, 15) is 4.79 Å². The van der Waals surface area contributed by atoms with Gasteiger partial charge in [-0.05, 0) is 30.7 Å². The topological polar surface area (TPSA) is 70.8 Å². The van der Waals surface area contributed by atoms with Crippen LogP contribution in [0.15, 0.2) is 53.3 Å². The third kappa shape index (κ3) is 2.46. The minimum Gasteiger partial charge on any atom is -0.489 e. The van der Waals surface area contributed by atoms with Crippen molar-refractivity contribution in [2.75, 3.05) is 0 Å². The molecular weight excluding hydrogens is 290 g/mol. The van der Waals surface area contributed by atoms with Gasteiger partial charge in [0.1, 0.15) is 23.8 Å². The van der Waals surface area contributed by atoms with Gasteiger partial charge in [-0.3, -0.25) is 4.79 Å². The van der Waals surface area contributed by atoms with Crippen LogP contribution in [-0.4, -0.2) is 15.0 Å². The van der Waals surface area contributed by atoms with Crippen molar-refractivity contribution >= 4 is 21.9 Å². The van der Waals surface area contributed by atoms with E-state index in [4.69, 9.17) is 4.74 Å². The van der Waals surface area contributed by atoms with Crippen LogP contribution in [0.3, 0.4) is 0 Å². The minimum absolute atomic E-state index is 0.140. The lowest BCUT2D eigenvalue weighted by Gasteiger charge is -2.06. The third-order valence-corrected chi connectivity index (χ3v) is 3.80. The predicted octanol–water partition coefficient (Wildman–Crippen LogP) is 3.29. The molecule has 0 aliphatic carbocycles. The summed E-state index contributed by atoms with van der Waals surface area (Å²) in [7, 11) is 0. The SMILES string of the molecule is Cc1nc2[nH]c3ccc(OCc4ccccc4)cc3c2c(=O)[nH]1. The number of hydrogen-bond donors (Lipinski definition) is 2. The Balaban J connectivity index is 1.75. The van der Waals surface area contributed by atoms with Crippen LogP contribution in [0.4, 0.5) is 0 Å². The Morgan fingerprint density at radius 1 is 1.09 bits per heavy atom. The average molecular weight is 305 g/mol. The van der Waals surface area contributed by atoms with Gasteiger partial charge in [0.15, 0.2) is 0 Å². The number of aromatic amines is 2. The standard InChI is InChI=1S/C18H15N3O2/c1-11-19-17-16(18(22)20-11)14-9-13(7-8-15(14)21-17)23-10-12-5-3-2-4-6-12/h2-9H,10H2,1H3,(H2,19,20,21,22). The zero-order valence-electron chi connectivity index (χ0n) is 12.6. The molecule has 0 aliphatic rings. The summed E-state index contributed by atoms with van der Waals surface area (Å²) >= 11 is 0. The van der Waals surface area contributed by atoms with Crippen LogP contribution in [0.25, 0.3) is 21.9 Å². The lowest BCUT2D eigenvalue weighted by Crippen LogP contribution is -2.08. The Bertz CT molecular complexity index is 1050. The molecule has 0 radical (unpaired) electrons. The number of aryl methyl sites for hydroxylation is 1. The largest absolute Gasteiger partial charge is 0.489 e. The zero-order valence-corrected chi connectivity index (χ0v) is 12.6. The van der Waals surface area contributed by atoms with Gasteiger partial charge < -0.3 is 14.7 Å². The maximum atomic E-state index is 12.2. The number of nitrogens with one attached hydrogen (secondary N) is 2. The second kappa shape index (κ2) is 5.28. The molecule has 0 bridgehead atoms. The van der Waals surface area contributed by atoms with Crippen LogP contribution in [0.1, 0.15) is 11.4 Å². The van der Waals surface area contributed by atoms with E-state index in [0.717, 1.165) is 22.2 Å². The number of nitrogens with zero attached hydrogens (tertiary/aromatic N) is 1. The summed E-state index contributed by atoms with van der Waals surface area (Å²) in [4.78, 5) is 22.5. The number of H-pyrrole nitrogens is 2. The van der Waals surface area contributed by atoms with E-state index >= 15 is 0 Å². The van der Waals surface area contributed by atoms with E-state index in [1.165, 1.54) is 0 Å². The van der Waals surface area contributed by atoms with Crippen LogP contribution < -0.4 is 10.3 Å². The highest BCUT2D eigenvalue weighted by Gasteiger charge is 2.11. The summed E-state index contributed by atoms with van der Waals surface area (Å²) < 4.78 is 5.84. The van der Waals surface area contributed by atoms with Crippen LogP contribution in [0.5, 0.6) is 5.75 Å². The highest BCUT2D eigenvalue weighted by molar-refractivity contribution is 6.05. The van der Waals surface area contributed by atoms with Gasteiger partial charge in [-0.15, -0.1) is 0 Å². The van der Waals surface area contributed by atoms with Crippen molar-refractivity contribution in [1.29, 1.82) is 0 Å². The van der Waals surface area contributed by atoms with E-state index in [1.54, 1.807) is 6.92 Å². The number of rotatable bonds is 3. The molecule has 2 aromatic heterocycles. The van der Waals surface area contributed by atoms with Gasteiger partial charge in [0.05, 0.1) is 5.39 Å². The summed E-state index contributed by atoms with van der Waals surface area (Å²) in [6, 6.07) is 15.6. The fourth-order valence-electron chi connectivity index (χ4n) is 2.72. The van der Waals surface area contributed by atoms with Gasteiger partial charge in [0.25, 0.3) is 5.56 Å². The molecule has 0 aliphatic heterocycles. The molecule has 23 heavy (non-hydrogen) atoms. The molecule has 0 unspecified atom stereocenters. The lowest BCUT2D eigenvalue weighted by atomic mass is 10.2. The van der Waals surface area contributed by atoms with Crippen molar-refractivity contribution in [3.8, 4) is 5.75 Å². The Kier molecular flexibility index (Phi) is 3.12. The highest BCUT2D eigenvalue weighted by Crippen LogP contribution is 2.26. The maximum Gasteiger partial charge on any atom is 0.261 e. The van der Waals surface area contributed by atoms with E-state index in [-0.39, 0.29) is 5.56 Å². The molecule has 4 rings (SSSR count). The van der Waals surface area contributed by atoms with Gasteiger partial charge in [-0.2, -0.15) is 0 Å². The van der Waals surface area contributed by atoms with Crippen molar-refractivity contribution in [3.63, 3.8) is 0 Å². The molecule has 0 amide bonds. The number of ether oxygens (including phenoxy) is 1. The van der Waals surface area contributed by atoms with Gasteiger partial charge >= 0.3 is 0 Å². The molecule has 0 saturated carbocycles. The summed E-state index contributed by atoms with van der Waals surface area (Å²) in [6.07, 6.45) is 0. The van der Waals surface area contributed by atoms with Crippen LogP contribution >= 0.6 is 0 Å². The second-order valence-corrected chi connectivity index (χ2v) is 5.48. The predicted molar refractivity (Wildman–Crippen MR) is 89.7 cm³/mol. The maximum absolute atomic E-state index is 12.2. The van der Waals surface area contributed by atoms with Crippen molar-refractivity contribution in [2.45, 2.75) is 13.5 Å². The fraction of sp³-hybridized carbons (Fsp3) is 0.111. The van der Waals surface area contributed by atoms with Crippen molar-refractivity contribution in [3.05, 3.63) is 70.3 Å². The summed E-state index contributed by atoms with van der Waals surface area (Å²) in [5.74, 6) is 1.32. The fourth-order valence-corrected chi connectivity index (χ4v) is 2.72. The summed E-state index contributed by atoms with van der Waals surface area (Å²) in [5, 5.41) is 1.38. The van der Waals surface area contributed by atoms with E-state index in [1.807, 2.05) is 48.5 Å². The van der Waals surface area contributed by atoms with E-state index in [0.29, 0.717) is 23.5 Å². The van der Waals surface area contributed by atoms with Gasteiger partial charge in [0.2, 0.25) is 0 Å². The lowest BCUT2D eigenvalue weighted by molar-refractivity contribution is 0.306. The van der Waals surface area contributed by atoms with Gasteiger partial charge in [-0.1, -0.05) is 30.3 Å². The van der Waals surface area contributed by atoms with E-state index < -0.39 is 0 Å². The molecule has 2 heterocycles. The van der Waals surface area contributed by atoms with Crippen molar-refractivity contribution < 1.29 is 4.74 Å². The zero-order chi connectivity index (χ0) is 15.8. The number of aromatic nitrogens is 3. The first kappa shape index (κ1) is 13.6. The van der Waals surface area contributed by atoms with Gasteiger partial charge in [-0.25, -0.2) is 4.98 Å². The summed E-state index contributed by atoms with van der Waals surface area (Å²) in [5.41, 5.74) is 2.43. The average Bonchev–Trinajstić information content (AvgIpc) is 2.91. The molecular formula is C18H15N3O2. The van der Waals surface area contributed by atoms with Crippen LogP contribution in [-0.2, 0) is 6.61 Å². The Morgan fingerprint density at radius 2 is 1.91 bits per heavy atom. The van der Waals surface area contributed by atoms with Crippen molar-refractivity contribution in [1.82, 2.24) is 15.0 Å². The molecule has 0 saturated heterocycles. The third-order valence-electron chi connectivity index (χ3n) is 3.80. The van der Waals surface area contributed by atoms with Crippen molar-refractivity contribution in [2.24, 2.45) is 0 Å². The van der Waals surface area contributed by atoms with E-state index in [2.05, 4.69) is 15.0 Å². The monoisotopic (exact) mass is 305 g/mol. The van der Waals surface area contributed by atoms with Crippen LogP contribution in [0, 0.1) is 6.92 Å². The Labute approximate surface area is 132 Å². The minimum atomic E-state index is -0.140. The first-order valence-corrected chi connectivity index (χ1v) is 7.40. The quantitative estimate of drug-likeness (QED) is 0.610. The summed E-state index contributed by atoms with van der Waals surface area (Å²) in [6.45, 7) is 2.25. The number of hydrogen-bond acceptors (Lipinski definition) is 3. The van der Waals surface area contributed by atoms with Gasteiger partial charge in [0, 0.05) is 10.9 Å². The molecule has 0 fully saturated rings. The molecule has 4 aromatic rings. The number of fused-ring (bicyclic) bond motifs is 3. The Morgan fingerprint density at radius 3 is 2.74 bits per heavy atom. The Hall–Kier alpha value is -3.08. The molecule has 114 valence electrons.